The van der Waals surface area contributed by atoms with Gasteiger partial charge in [-0.1, -0.05) is 28.7 Å². The van der Waals surface area contributed by atoms with Crippen LogP contribution in [0.2, 0.25) is 19.6 Å². The Kier molecular flexibility index (Phi) is 3.75. The lowest BCUT2D eigenvalue weighted by Gasteiger charge is -2.22. The van der Waals surface area contributed by atoms with Crippen LogP contribution in [-0.2, 0) is 9.22 Å². The van der Waals surface area contributed by atoms with E-state index in [9.17, 15) is 4.79 Å². The molecule has 0 radical (unpaired) electrons. The number of rotatable bonds is 2. The topological polar surface area (TPSA) is 26.3 Å². The number of alkyl halides is 1. The van der Waals surface area contributed by atoms with Crippen LogP contribution < -0.4 is 0 Å². The van der Waals surface area contributed by atoms with Gasteiger partial charge in [-0.25, -0.2) is 4.79 Å². The van der Waals surface area contributed by atoms with E-state index in [0.29, 0.717) is 5.57 Å². The van der Waals surface area contributed by atoms with Gasteiger partial charge in [0.05, 0.1) is 9.50 Å². The third-order valence-electron chi connectivity index (χ3n) is 1.57. The first-order valence-corrected chi connectivity index (χ1v) is 9.06. The van der Waals surface area contributed by atoms with Crippen LogP contribution >= 0.6 is 22.6 Å². The Balaban J connectivity index is 2.84. The van der Waals surface area contributed by atoms with Crippen LogP contribution in [0, 0.1) is 0 Å². The summed E-state index contributed by atoms with van der Waals surface area (Å²) in [6.07, 6.45) is 5.66. The second-order valence-corrected chi connectivity index (χ2v) is 9.85. The second kappa shape index (κ2) is 4.46. The van der Waals surface area contributed by atoms with Crippen molar-refractivity contribution in [1.82, 2.24) is 0 Å². The third-order valence-corrected chi connectivity index (χ3v) is 3.50. The van der Waals surface area contributed by atoms with E-state index in [4.69, 9.17) is 4.43 Å². The standard InChI is InChI=1S/C10H13IO2Si/c1-14(2,3)13-9-4-5-10(11)8(6-9)7-12/h4-6,10H,1-3H3. The van der Waals surface area contributed by atoms with Crippen molar-refractivity contribution < 1.29 is 9.22 Å². The molecule has 76 valence electrons. The van der Waals surface area contributed by atoms with Crippen LogP contribution in [0.1, 0.15) is 0 Å². The van der Waals surface area contributed by atoms with Gasteiger partial charge < -0.3 is 4.43 Å². The lowest BCUT2D eigenvalue weighted by molar-refractivity contribution is 0.439. The molecule has 1 atom stereocenters. The summed E-state index contributed by atoms with van der Waals surface area (Å²) in [5, 5.41) is 0. The maximum absolute atomic E-state index is 10.6. The van der Waals surface area contributed by atoms with Crippen molar-refractivity contribution in [2.24, 2.45) is 0 Å². The predicted molar refractivity (Wildman–Crippen MR) is 68.7 cm³/mol. The largest absolute Gasteiger partial charge is 0.544 e. The second-order valence-electron chi connectivity index (χ2n) is 4.08. The molecular weight excluding hydrogens is 307 g/mol. The number of hydrogen-bond acceptors (Lipinski definition) is 2. The van der Waals surface area contributed by atoms with Crippen molar-refractivity contribution in [1.29, 1.82) is 0 Å². The predicted octanol–water partition coefficient (Wildman–Crippen LogP) is 2.85. The normalized spacial score (nSPS) is 21.6. The van der Waals surface area contributed by atoms with Gasteiger partial charge in [-0.05, 0) is 31.8 Å². The van der Waals surface area contributed by atoms with Crippen LogP contribution in [0.25, 0.3) is 0 Å². The quantitative estimate of drug-likeness (QED) is 0.338. The van der Waals surface area contributed by atoms with Crippen molar-refractivity contribution in [2.75, 3.05) is 0 Å². The monoisotopic (exact) mass is 320 g/mol. The van der Waals surface area contributed by atoms with E-state index in [-0.39, 0.29) is 3.92 Å². The molecule has 14 heavy (non-hydrogen) atoms. The zero-order valence-corrected chi connectivity index (χ0v) is 11.7. The van der Waals surface area contributed by atoms with Gasteiger partial charge in [0.2, 0.25) is 8.32 Å². The van der Waals surface area contributed by atoms with Crippen molar-refractivity contribution in [2.45, 2.75) is 23.6 Å². The maximum atomic E-state index is 10.6. The molecule has 1 aliphatic carbocycles. The van der Waals surface area contributed by atoms with E-state index >= 15 is 0 Å². The fourth-order valence-electron chi connectivity index (χ4n) is 1.07. The zero-order chi connectivity index (χ0) is 10.8. The molecule has 0 aromatic rings. The van der Waals surface area contributed by atoms with E-state index < -0.39 is 8.32 Å². The van der Waals surface area contributed by atoms with Gasteiger partial charge in [-0.2, -0.15) is 0 Å². The molecule has 0 aromatic carbocycles. The summed E-state index contributed by atoms with van der Waals surface area (Å²) < 4.78 is 5.89. The van der Waals surface area contributed by atoms with Crippen LogP contribution in [0.15, 0.2) is 29.6 Å². The summed E-state index contributed by atoms with van der Waals surface area (Å²) in [4.78, 5) is 10.6. The molecule has 0 bridgehead atoms. The number of halogens is 1. The highest BCUT2D eigenvalue weighted by molar-refractivity contribution is 14.1. The molecule has 0 saturated carbocycles. The molecule has 0 fully saturated rings. The van der Waals surface area contributed by atoms with Gasteiger partial charge in [-0.3, -0.25) is 0 Å². The molecule has 0 amide bonds. The van der Waals surface area contributed by atoms with Gasteiger partial charge in [-0.15, -0.1) is 0 Å². The summed E-state index contributed by atoms with van der Waals surface area (Å²) in [5.74, 6) is 2.72. The third kappa shape index (κ3) is 3.44. The molecule has 4 heteroatoms. The Morgan fingerprint density at radius 1 is 1.50 bits per heavy atom. The summed E-state index contributed by atoms with van der Waals surface area (Å²) in [5.41, 5.74) is 0.654. The Morgan fingerprint density at radius 2 is 2.14 bits per heavy atom. The molecule has 0 aromatic heterocycles. The number of hydrogen-bond donors (Lipinski definition) is 0. The average Bonchev–Trinajstić information content (AvgIpc) is 2.06. The van der Waals surface area contributed by atoms with E-state index in [2.05, 4.69) is 42.2 Å². The van der Waals surface area contributed by atoms with Crippen LogP contribution in [0.4, 0.5) is 0 Å². The van der Waals surface area contributed by atoms with Gasteiger partial charge >= 0.3 is 0 Å². The molecule has 0 heterocycles. The Bertz CT molecular complexity index is 333. The fourth-order valence-corrected chi connectivity index (χ4v) is 2.42. The molecule has 1 rings (SSSR count). The fraction of sp³-hybridized carbons (Fsp3) is 0.400. The minimum Gasteiger partial charge on any atom is -0.544 e. The van der Waals surface area contributed by atoms with E-state index in [0.717, 1.165) is 5.76 Å². The molecular formula is C10H13IO2Si. The maximum Gasteiger partial charge on any atom is 0.242 e. The summed E-state index contributed by atoms with van der Waals surface area (Å²) in [6.45, 7) is 6.34. The highest BCUT2D eigenvalue weighted by Crippen LogP contribution is 2.23. The molecule has 0 spiro atoms. The smallest absolute Gasteiger partial charge is 0.242 e. The van der Waals surface area contributed by atoms with Crippen LogP contribution in [-0.4, -0.2) is 18.2 Å². The lowest BCUT2D eigenvalue weighted by Crippen LogP contribution is -2.25. The first kappa shape index (κ1) is 11.7. The number of allylic oxidation sites excluding steroid dienone is 4. The lowest BCUT2D eigenvalue weighted by atomic mass is 10.1. The SMILES string of the molecule is C[Si](C)(C)OC1=CC(=C=O)C(I)C=C1. The summed E-state index contributed by atoms with van der Waals surface area (Å²) >= 11 is 2.19. The van der Waals surface area contributed by atoms with E-state index in [1.807, 2.05) is 18.1 Å². The van der Waals surface area contributed by atoms with E-state index in [1.165, 1.54) is 0 Å². The van der Waals surface area contributed by atoms with Gasteiger partial charge in [0.15, 0.2) is 0 Å². The van der Waals surface area contributed by atoms with Crippen molar-refractivity contribution >= 4 is 36.8 Å². The average molecular weight is 320 g/mol. The molecule has 0 saturated heterocycles. The van der Waals surface area contributed by atoms with Gasteiger partial charge in [0, 0.05) is 0 Å². The van der Waals surface area contributed by atoms with Gasteiger partial charge in [0.1, 0.15) is 11.7 Å². The highest BCUT2D eigenvalue weighted by Gasteiger charge is 2.19. The molecule has 0 aliphatic heterocycles. The van der Waals surface area contributed by atoms with Crippen molar-refractivity contribution in [3.05, 3.63) is 29.6 Å². The Morgan fingerprint density at radius 3 is 2.64 bits per heavy atom. The van der Waals surface area contributed by atoms with Crippen molar-refractivity contribution in [3.63, 3.8) is 0 Å². The Hall–Kier alpha value is -0.323. The first-order chi connectivity index (χ1) is 6.42. The molecule has 2 nitrogen and oxygen atoms in total. The van der Waals surface area contributed by atoms with E-state index in [1.54, 1.807) is 6.08 Å². The zero-order valence-electron chi connectivity index (χ0n) is 8.50. The minimum absolute atomic E-state index is 0.124. The van der Waals surface area contributed by atoms with Crippen LogP contribution in [0.3, 0.4) is 0 Å². The molecule has 1 aliphatic rings. The molecule has 0 N–H and O–H groups in total. The first-order valence-electron chi connectivity index (χ1n) is 4.40. The number of carbonyl (C=O) groups excluding carboxylic acids is 1. The highest BCUT2D eigenvalue weighted by atomic mass is 127. The summed E-state index contributed by atoms with van der Waals surface area (Å²) in [7, 11) is -1.57. The van der Waals surface area contributed by atoms with Gasteiger partial charge in [0.25, 0.3) is 0 Å². The Labute approximate surface area is 99.0 Å². The molecule has 1 unspecified atom stereocenters. The van der Waals surface area contributed by atoms with Crippen molar-refractivity contribution in [3.8, 4) is 0 Å². The minimum atomic E-state index is -1.57. The van der Waals surface area contributed by atoms with Crippen LogP contribution in [0.5, 0.6) is 0 Å². The summed E-state index contributed by atoms with van der Waals surface area (Å²) in [6, 6.07) is 0.